The van der Waals surface area contributed by atoms with Gasteiger partial charge in [0.05, 0.1) is 12.3 Å². The number of carbonyl (C=O) groups excluding carboxylic acids is 1. The maximum atomic E-state index is 12.4. The minimum absolute atomic E-state index is 0.00124. The van der Waals surface area contributed by atoms with Gasteiger partial charge in [-0.15, -0.1) is 0 Å². The summed E-state index contributed by atoms with van der Waals surface area (Å²) in [6, 6.07) is 14.2. The molecule has 0 N–H and O–H groups in total. The fraction of sp³-hybridized carbons (Fsp3) is 0.278. The summed E-state index contributed by atoms with van der Waals surface area (Å²) in [6.45, 7) is 3.95. The van der Waals surface area contributed by atoms with E-state index >= 15 is 0 Å². The summed E-state index contributed by atoms with van der Waals surface area (Å²) in [5.41, 5.74) is 0.888. The van der Waals surface area contributed by atoms with Gasteiger partial charge in [-0.2, -0.15) is 5.26 Å². The van der Waals surface area contributed by atoms with Gasteiger partial charge in [0.25, 0.3) is 5.56 Å². The SMILES string of the molecule is CC(C)COC(=O)Cn1c(-c2ccccc2)ccc(C#N)c1=O. The molecule has 5 nitrogen and oxygen atoms in total. The van der Waals surface area contributed by atoms with Crippen LogP contribution in [-0.2, 0) is 16.1 Å². The van der Waals surface area contributed by atoms with Gasteiger partial charge in [0.15, 0.2) is 0 Å². The van der Waals surface area contributed by atoms with E-state index in [0.717, 1.165) is 5.56 Å². The molecule has 0 aliphatic rings. The van der Waals surface area contributed by atoms with Crippen LogP contribution in [0.15, 0.2) is 47.3 Å². The first-order chi connectivity index (χ1) is 11.0. The van der Waals surface area contributed by atoms with E-state index in [9.17, 15) is 9.59 Å². The summed E-state index contributed by atoms with van der Waals surface area (Å²) < 4.78 is 6.43. The van der Waals surface area contributed by atoms with Crippen LogP contribution in [0, 0.1) is 17.2 Å². The first kappa shape index (κ1) is 16.5. The van der Waals surface area contributed by atoms with Crippen molar-refractivity contribution >= 4 is 5.97 Å². The molecule has 5 heteroatoms. The van der Waals surface area contributed by atoms with Crippen molar-refractivity contribution in [3.63, 3.8) is 0 Å². The number of benzene rings is 1. The first-order valence-electron chi connectivity index (χ1n) is 7.38. The van der Waals surface area contributed by atoms with Crippen molar-refractivity contribution < 1.29 is 9.53 Å². The summed E-state index contributed by atoms with van der Waals surface area (Å²) in [4.78, 5) is 24.4. The summed E-state index contributed by atoms with van der Waals surface area (Å²) in [5, 5.41) is 9.04. The summed E-state index contributed by atoms with van der Waals surface area (Å²) in [5.74, 6) is -0.275. The van der Waals surface area contributed by atoms with Gasteiger partial charge >= 0.3 is 5.97 Å². The van der Waals surface area contributed by atoms with Crippen molar-refractivity contribution in [3.05, 3.63) is 58.4 Å². The Bertz CT molecular complexity index is 786. The average molecular weight is 310 g/mol. The number of aromatic nitrogens is 1. The highest BCUT2D eigenvalue weighted by Crippen LogP contribution is 2.18. The van der Waals surface area contributed by atoms with Gasteiger partial charge in [0.1, 0.15) is 18.2 Å². The van der Waals surface area contributed by atoms with Gasteiger partial charge in [-0.1, -0.05) is 44.2 Å². The molecular weight excluding hydrogens is 292 g/mol. The number of esters is 1. The number of nitrogens with zero attached hydrogens (tertiary/aromatic N) is 2. The third kappa shape index (κ3) is 4.07. The summed E-state index contributed by atoms with van der Waals surface area (Å²) in [6.07, 6.45) is 0. The first-order valence-corrected chi connectivity index (χ1v) is 7.38. The van der Waals surface area contributed by atoms with E-state index in [0.29, 0.717) is 12.3 Å². The highest BCUT2D eigenvalue weighted by atomic mass is 16.5. The Labute approximate surface area is 134 Å². The van der Waals surface area contributed by atoms with Crippen LogP contribution in [0.3, 0.4) is 0 Å². The Morgan fingerprint density at radius 1 is 1.22 bits per heavy atom. The van der Waals surface area contributed by atoms with Crippen molar-refractivity contribution in [2.24, 2.45) is 5.92 Å². The molecule has 0 unspecified atom stereocenters. The lowest BCUT2D eigenvalue weighted by Crippen LogP contribution is -2.28. The average Bonchev–Trinajstić information content (AvgIpc) is 2.55. The molecule has 0 amide bonds. The molecule has 2 rings (SSSR count). The third-order valence-electron chi connectivity index (χ3n) is 3.23. The molecule has 0 saturated carbocycles. The zero-order chi connectivity index (χ0) is 16.8. The fourth-order valence-corrected chi connectivity index (χ4v) is 2.12. The molecule has 0 aliphatic heterocycles. The van der Waals surface area contributed by atoms with E-state index in [1.165, 1.54) is 10.6 Å². The second-order valence-corrected chi connectivity index (χ2v) is 5.58. The van der Waals surface area contributed by atoms with Crippen LogP contribution in [0.1, 0.15) is 19.4 Å². The smallest absolute Gasteiger partial charge is 0.326 e. The normalized spacial score (nSPS) is 10.3. The highest BCUT2D eigenvalue weighted by molar-refractivity contribution is 5.71. The van der Waals surface area contributed by atoms with Crippen molar-refractivity contribution in [1.82, 2.24) is 4.57 Å². The summed E-state index contributed by atoms with van der Waals surface area (Å²) in [7, 11) is 0. The van der Waals surface area contributed by atoms with Crippen molar-refractivity contribution in [1.29, 1.82) is 5.26 Å². The van der Waals surface area contributed by atoms with Crippen LogP contribution in [0.2, 0.25) is 0 Å². The predicted octanol–water partition coefficient (Wildman–Crippen LogP) is 2.59. The van der Waals surface area contributed by atoms with Crippen LogP contribution in [0.4, 0.5) is 0 Å². The number of pyridine rings is 1. The minimum atomic E-state index is -0.493. The number of rotatable bonds is 5. The number of hydrogen-bond donors (Lipinski definition) is 0. The van der Waals surface area contributed by atoms with E-state index in [1.54, 1.807) is 6.07 Å². The van der Waals surface area contributed by atoms with Crippen LogP contribution in [0.5, 0.6) is 0 Å². The lowest BCUT2D eigenvalue weighted by Gasteiger charge is -2.14. The molecule has 1 heterocycles. The zero-order valence-electron chi connectivity index (χ0n) is 13.2. The van der Waals surface area contributed by atoms with E-state index in [-0.39, 0.29) is 18.0 Å². The number of nitriles is 1. The third-order valence-corrected chi connectivity index (χ3v) is 3.23. The van der Waals surface area contributed by atoms with E-state index in [2.05, 4.69) is 0 Å². The Balaban J connectivity index is 2.41. The molecule has 0 fully saturated rings. The topological polar surface area (TPSA) is 72.1 Å². The molecule has 0 atom stereocenters. The van der Waals surface area contributed by atoms with Crippen LogP contribution in [-0.4, -0.2) is 17.1 Å². The van der Waals surface area contributed by atoms with E-state index in [4.69, 9.17) is 10.00 Å². The van der Waals surface area contributed by atoms with Gasteiger partial charge in [0.2, 0.25) is 0 Å². The largest absolute Gasteiger partial charge is 0.464 e. The molecule has 2 aromatic rings. The highest BCUT2D eigenvalue weighted by Gasteiger charge is 2.14. The molecule has 1 aromatic carbocycles. The summed E-state index contributed by atoms with van der Waals surface area (Å²) >= 11 is 0. The van der Waals surface area contributed by atoms with Gasteiger partial charge in [0, 0.05) is 0 Å². The molecule has 0 aliphatic carbocycles. The molecule has 0 radical (unpaired) electrons. The Hall–Kier alpha value is -2.87. The van der Waals surface area contributed by atoms with Gasteiger partial charge in [-0.25, -0.2) is 0 Å². The van der Waals surface area contributed by atoms with E-state index < -0.39 is 11.5 Å². The monoisotopic (exact) mass is 310 g/mol. The van der Waals surface area contributed by atoms with Gasteiger partial charge < -0.3 is 4.74 Å². The molecule has 0 spiro atoms. The number of ether oxygens (including phenoxy) is 1. The van der Waals surface area contributed by atoms with Crippen LogP contribution >= 0.6 is 0 Å². The van der Waals surface area contributed by atoms with Gasteiger partial charge in [-0.05, 0) is 23.6 Å². The Morgan fingerprint density at radius 2 is 1.91 bits per heavy atom. The quantitative estimate of drug-likeness (QED) is 0.796. The standard InChI is InChI=1S/C18H18N2O3/c1-13(2)12-23-17(21)11-20-16(14-6-4-3-5-7-14)9-8-15(10-19)18(20)22/h3-9,13H,11-12H2,1-2H3. The Kier molecular flexibility index (Phi) is 5.32. The lowest BCUT2D eigenvalue weighted by molar-refractivity contribution is -0.145. The molecule has 118 valence electrons. The zero-order valence-corrected chi connectivity index (χ0v) is 13.2. The van der Waals surface area contributed by atoms with Crippen molar-refractivity contribution in [2.45, 2.75) is 20.4 Å². The van der Waals surface area contributed by atoms with Gasteiger partial charge in [-0.3, -0.25) is 14.2 Å². The second-order valence-electron chi connectivity index (χ2n) is 5.58. The molecular formula is C18H18N2O3. The second kappa shape index (κ2) is 7.41. The number of carbonyl (C=O) groups is 1. The molecule has 23 heavy (non-hydrogen) atoms. The molecule has 0 saturated heterocycles. The van der Waals surface area contributed by atoms with Crippen molar-refractivity contribution in [3.8, 4) is 17.3 Å². The maximum Gasteiger partial charge on any atom is 0.326 e. The lowest BCUT2D eigenvalue weighted by atomic mass is 10.1. The predicted molar refractivity (Wildman–Crippen MR) is 86.7 cm³/mol. The fourth-order valence-electron chi connectivity index (χ4n) is 2.12. The van der Waals surface area contributed by atoms with E-state index in [1.807, 2.05) is 50.2 Å². The maximum absolute atomic E-state index is 12.4. The molecule has 0 bridgehead atoms. The van der Waals surface area contributed by atoms with Crippen molar-refractivity contribution in [2.75, 3.05) is 6.61 Å². The van der Waals surface area contributed by atoms with Crippen LogP contribution in [0.25, 0.3) is 11.3 Å². The molecule has 1 aromatic heterocycles. The Morgan fingerprint density at radius 3 is 2.52 bits per heavy atom. The van der Waals surface area contributed by atoms with Crippen LogP contribution < -0.4 is 5.56 Å². The number of hydrogen-bond acceptors (Lipinski definition) is 4. The minimum Gasteiger partial charge on any atom is -0.464 e.